The van der Waals surface area contributed by atoms with Gasteiger partial charge in [-0.15, -0.1) is 0 Å². The van der Waals surface area contributed by atoms with Gasteiger partial charge in [0, 0.05) is 13.1 Å². The van der Waals surface area contributed by atoms with Crippen LogP contribution in [0.25, 0.3) is 0 Å². The van der Waals surface area contributed by atoms with Crippen molar-refractivity contribution in [3.63, 3.8) is 0 Å². The first-order valence-electron chi connectivity index (χ1n) is 9.08. The number of carbonyl (C=O) groups excluding carboxylic acids is 1. The molecule has 2 amide bonds. The van der Waals surface area contributed by atoms with Crippen LogP contribution in [0.4, 0.5) is 4.79 Å². The highest BCUT2D eigenvalue weighted by Gasteiger charge is 2.31. The minimum Gasteiger partial charge on any atom is -0.394 e. The van der Waals surface area contributed by atoms with Gasteiger partial charge < -0.3 is 36.2 Å². The molecule has 0 bridgehead atoms. The van der Waals surface area contributed by atoms with Crippen LogP contribution in [-0.2, 0) is 10.0 Å². The van der Waals surface area contributed by atoms with Crippen molar-refractivity contribution < 1.29 is 38.7 Å². The van der Waals surface area contributed by atoms with Crippen molar-refractivity contribution in [1.29, 1.82) is 0 Å². The molecule has 4 atom stereocenters. The molecule has 1 aromatic carbocycles. The summed E-state index contributed by atoms with van der Waals surface area (Å²) in [5.41, 5.74) is 0. The molecule has 0 unspecified atom stereocenters. The van der Waals surface area contributed by atoms with E-state index in [1.165, 1.54) is 12.1 Å². The van der Waals surface area contributed by atoms with E-state index in [2.05, 4.69) is 15.4 Å². The van der Waals surface area contributed by atoms with Gasteiger partial charge in [-0.05, 0) is 25.0 Å². The quantitative estimate of drug-likeness (QED) is 0.156. The molecule has 8 N–H and O–H groups in total. The highest BCUT2D eigenvalue weighted by molar-refractivity contribution is 7.89. The summed E-state index contributed by atoms with van der Waals surface area (Å²) in [6.07, 6.45) is -4.15. The topological polar surface area (TPSA) is 188 Å². The highest BCUT2D eigenvalue weighted by atomic mass is 32.2. The maximum absolute atomic E-state index is 12.0. The largest absolute Gasteiger partial charge is 0.394 e. The summed E-state index contributed by atoms with van der Waals surface area (Å²) in [7, 11) is -3.58. The summed E-state index contributed by atoms with van der Waals surface area (Å²) >= 11 is 0. The first kappa shape index (κ1) is 25.2. The lowest BCUT2D eigenvalue weighted by molar-refractivity contribution is -0.0902. The maximum Gasteiger partial charge on any atom is 0.315 e. The Morgan fingerprint density at radius 2 is 1.55 bits per heavy atom. The van der Waals surface area contributed by atoms with Crippen molar-refractivity contribution in [3.8, 4) is 0 Å². The van der Waals surface area contributed by atoms with Gasteiger partial charge >= 0.3 is 6.03 Å². The van der Waals surface area contributed by atoms with Crippen molar-refractivity contribution in [2.75, 3.05) is 26.3 Å². The molecular weight excluding hydrogens is 406 g/mol. The van der Waals surface area contributed by atoms with Gasteiger partial charge in [-0.25, -0.2) is 17.9 Å². The number of sulfonamides is 1. The summed E-state index contributed by atoms with van der Waals surface area (Å²) in [5.74, 6) is 0. The Kier molecular flexibility index (Phi) is 11.0. The van der Waals surface area contributed by atoms with Crippen molar-refractivity contribution in [2.45, 2.75) is 42.1 Å². The van der Waals surface area contributed by atoms with Crippen molar-refractivity contribution in [2.24, 2.45) is 0 Å². The molecule has 11 nitrogen and oxygen atoms in total. The van der Waals surface area contributed by atoms with Gasteiger partial charge in [0.05, 0.1) is 24.2 Å². The summed E-state index contributed by atoms with van der Waals surface area (Å²) in [6, 6.07) is 5.94. The Bertz CT molecular complexity index is 704. The van der Waals surface area contributed by atoms with Crippen molar-refractivity contribution >= 4 is 16.1 Å². The Morgan fingerprint density at radius 1 is 0.931 bits per heavy atom. The van der Waals surface area contributed by atoms with Crippen LogP contribution < -0.4 is 15.4 Å². The number of unbranched alkanes of at least 4 members (excludes halogenated alkanes) is 1. The van der Waals surface area contributed by atoms with Crippen LogP contribution >= 0.6 is 0 Å². The second kappa shape index (κ2) is 12.7. The average Bonchev–Trinajstić information content (AvgIpc) is 2.73. The number of aliphatic hydroxyl groups excluding tert-OH is 5. The van der Waals surface area contributed by atoms with Crippen molar-refractivity contribution in [3.05, 3.63) is 30.3 Å². The zero-order chi connectivity index (χ0) is 21.9. The molecule has 166 valence electrons. The van der Waals surface area contributed by atoms with Gasteiger partial charge in [0.25, 0.3) is 0 Å². The standard InChI is InChI=1S/C17H29N3O8S/c21-10-13(15(24)16(25)14(23)11-22)20-17(26)18-8-4-5-9-19-29(27,28)12-6-2-1-3-7-12/h1-3,6-7,13-16,19,21-25H,4-5,8-11H2,(H2,18,20,26)/t13-,14+,15+,16+/m0/s1. The minimum atomic E-state index is -3.58. The number of carbonyl (C=O) groups is 1. The number of aliphatic hydroxyl groups is 5. The number of hydrogen-bond donors (Lipinski definition) is 8. The maximum atomic E-state index is 12.0. The van der Waals surface area contributed by atoms with Crippen molar-refractivity contribution in [1.82, 2.24) is 15.4 Å². The number of nitrogens with one attached hydrogen (secondary N) is 3. The van der Waals surface area contributed by atoms with Gasteiger partial charge in [0.1, 0.15) is 18.3 Å². The molecule has 0 fully saturated rings. The predicted octanol–water partition coefficient (Wildman–Crippen LogP) is -2.52. The smallest absolute Gasteiger partial charge is 0.315 e. The third kappa shape index (κ3) is 8.62. The normalized spacial score (nSPS) is 15.9. The third-order valence-electron chi connectivity index (χ3n) is 4.09. The van der Waals surface area contributed by atoms with Crippen LogP contribution in [0.5, 0.6) is 0 Å². The van der Waals surface area contributed by atoms with E-state index in [1.54, 1.807) is 18.2 Å². The second-order valence-corrected chi connectivity index (χ2v) is 8.11. The van der Waals surface area contributed by atoms with Crippen LogP contribution in [0.2, 0.25) is 0 Å². The molecular formula is C17H29N3O8S. The molecule has 12 heteroatoms. The lowest BCUT2D eigenvalue weighted by atomic mass is 10.0. The predicted molar refractivity (Wildman–Crippen MR) is 103 cm³/mol. The number of amides is 2. The molecule has 0 aromatic heterocycles. The minimum absolute atomic E-state index is 0.166. The summed E-state index contributed by atoms with van der Waals surface area (Å²) in [5, 5.41) is 51.5. The Balaban J connectivity index is 2.29. The van der Waals surface area contributed by atoms with Gasteiger partial charge in [0.2, 0.25) is 10.0 Å². The van der Waals surface area contributed by atoms with E-state index >= 15 is 0 Å². The van der Waals surface area contributed by atoms with E-state index in [4.69, 9.17) is 5.11 Å². The molecule has 0 saturated carbocycles. The van der Waals surface area contributed by atoms with Gasteiger partial charge in [-0.1, -0.05) is 18.2 Å². The van der Waals surface area contributed by atoms with E-state index in [1.807, 2.05) is 0 Å². The van der Waals surface area contributed by atoms with Crippen LogP contribution in [0.1, 0.15) is 12.8 Å². The molecule has 0 aliphatic heterocycles. The molecule has 1 rings (SSSR count). The fraction of sp³-hybridized carbons (Fsp3) is 0.588. The lowest BCUT2D eigenvalue weighted by Gasteiger charge is -2.28. The molecule has 0 aliphatic rings. The van der Waals surface area contributed by atoms with E-state index in [9.17, 15) is 33.6 Å². The zero-order valence-corrected chi connectivity index (χ0v) is 16.6. The van der Waals surface area contributed by atoms with Crippen LogP contribution in [0.15, 0.2) is 35.2 Å². The molecule has 0 heterocycles. The number of hydrogen-bond acceptors (Lipinski definition) is 8. The SMILES string of the molecule is O=C(NCCCCNS(=O)(=O)c1ccccc1)N[C@@H](CO)[C@@H](O)[C@H](O)[C@H](O)CO. The Labute approximate surface area is 169 Å². The van der Waals surface area contributed by atoms with E-state index in [0.717, 1.165) is 0 Å². The molecule has 0 radical (unpaired) electrons. The number of urea groups is 1. The number of benzene rings is 1. The van der Waals surface area contributed by atoms with E-state index in [0.29, 0.717) is 12.8 Å². The number of rotatable bonds is 13. The Morgan fingerprint density at radius 3 is 2.14 bits per heavy atom. The summed E-state index contributed by atoms with van der Waals surface area (Å²) in [4.78, 5) is 12.0. The monoisotopic (exact) mass is 435 g/mol. The summed E-state index contributed by atoms with van der Waals surface area (Å²) in [6.45, 7) is -1.11. The van der Waals surface area contributed by atoms with E-state index < -0.39 is 53.6 Å². The first-order chi connectivity index (χ1) is 13.7. The molecule has 0 saturated heterocycles. The van der Waals surface area contributed by atoms with Crippen LogP contribution in [0.3, 0.4) is 0 Å². The van der Waals surface area contributed by atoms with Gasteiger partial charge in [-0.3, -0.25) is 0 Å². The lowest BCUT2D eigenvalue weighted by Crippen LogP contribution is -2.56. The molecule has 29 heavy (non-hydrogen) atoms. The molecule has 0 spiro atoms. The molecule has 0 aliphatic carbocycles. The first-order valence-corrected chi connectivity index (χ1v) is 10.6. The third-order valence-corrected chi connectivity index (χ3v) is 5.57. The van der Waals surface area contributed by atoms with Crippen LogP contribution in [0, 0.1) is 0 Å². The van der Waals surface area contributed by atoms with Crippen LogP contribution in [-0.4, -0.2) is 90.6 Å². The summed E-state index contributed by atoms with van der Waals surface area (Å²) < 4.78 is 26.5. The average molecular weight is 435 g/mol. The zero-order valence-electron chi connectivity index (χ0n) is 15.8. The highest BCUT2D eigenvalue weighted by Crippen LogP contribution is 2.07. The van der Waals surface area contributed by atoms with Gasteiger partial charge in [-0.2, -0.15) is 0 Å². The fourth-order valence-electron chi connectivity index (χ4n) is 2.37. The second-order valence-electron chi connectivity index (χ2n) is 6.34. The fourth-order valence-corrected chi connectivity index (χ4v) is 3.47. The molecule has 1 aromatic rings. The Hall–Kier alpha value is -1.80. The van der Waals surface area contributed by atoms with Gasteiger partial charge in [0.15, 0.2) is 0 Å². The van der Waals surface area contributed by atoms with E-state index in [-0.39, 0.29) is 18.0 Å².